The first-order chi connectivity index (χ1) is 42.5. The third kappa shape index (κ3) is 9.00. The molecule has 12 aromatic rings. The lowest BCUT2D eigenvalue weighted by molar-refractivity contribution is 0.590. The highest BCUT2D eigenvalue weighted by Gasteiger charge is 2.45. The molecule has 3 heterocycles. The van der Waals surface area contributed by atoms with Crippen molar-refractivity contribution in [2.45, 2.75) is 119 Å². The highest BCUT2D eigenvalue weighted by atomic mass is 15.2. The van der Waals surface area contributed by atoms with Gasteiger partial charge in [0.2, 0.25) is 0 Å². The van der Waals surface area contributed by atoms with E-state index < -0.39 is 0 Å². The molecule has 5 heteroatoms. The van der Waals surface area contributed by atoms with Gasteiger partial charge < -0.3 is 19.3 Å². The van der Waals surface area contributed by atoms with E-state index >= 15 is 0 Å². The van der Waals surface area contributed by atoms with E-state index in [9.17, 15) is 0 Å². The van der Waals surface area contributed by atoms with Crippen LogP contribution in [0.1, 0.15) is 121 Å². The number of aryl methyl sites for hydroxylation is 3. The third-order valence-corrected chi connectivity index (χ3v) is 19.9. The summed E-state index contributed by atoms with van der Waals surface area (Å²) in [6.07, 6.45) is 0. The molecule has 0 radical (unpaired) electrons. The number of para-hydroxylation sites is 2. The zero-order valence-corrected chi connectivity index (χ0v) is 54.2. The molecule has 15 rings (SSSR count). The van der Waals surface area contributed by atoms with Gasteiger partial charge in [-0.1, -0.05) is 197 Å². The Morgan fingerprint density at radius 2 is 0.910 bits per heavy atom. The first kappa shape index (κ1) is 56.2. The molecular formula is C84H79BN4. The number of hydrogen-bond acceptors (Lipinski definition) is 3. The van der Waals surface area contributed by atoms with E-state index in [1.807, 2.05) is 0 Å². The van der Waals surface area contributed by atoms with Gasteiger partial charge in [0.15, 0.2) is 0 Å². The van der Waals surface area contributed by atoms with Crippen molar-refractivity contribution in [2.24, 2.45) is 0 Å². The van der Waals surface area contributed by atoms with Crippen molar-refractivity contribution in [1.29, 1.82) is 0 Å². The largest absolute Gasteiger partial charge is 0.311 e. The van der Waals surface area contributed by atoms with Crippen molar-refractivity contribution in [3.8, 4) is 27.9 Å². The van der Waals surface area contributed by atoms with Crippen molar-refractivity contribution in [3.05, 3.63) is 269 Å². The Bertz CT molecular complexity index is 4820. The molecule has 0 spiro atoms. The number of aromatic nitrogens is 1. The van der Waals surface area contributed by atoms with Crippen molar-refractivity contribution < 1.29 is 0 Å². The Balaban J connectivity index is 0.947. The molecule has 1 aromatic heterocycles. The monoisotopic (exact) mass is 1150 g/mol. The second-order valence-corrected chi connectivity index (χ2v) is 29.3. The molecule has 438 valence electrons. The van der Waals surface area contributed by atoms with Gasteiger partial charge in [0, 0.05) is 73.1 Å². The lowest BCUT2D eigenvalue weighted by atomic mass is 9.33. The molecule has 0 fully saturated rings. The van der Waals surface area contributed by atoms with Gasteiger partial charge in [0.1, 0.15) is 0 Å². The van der Waals surface area contributed by atoms with Crippen LogP contribution in [0, 0.1) is 20.8 Å². The zero-order chi connectivity index (χ0) is 61.8. The SMILES string of the molecule is Cc1cc2c3c(c1)N(c1cc(C)c(-c4ccc5c(c4)C(C)(C)c4ccccc4-5)c(C)c1)c1cc(C(C)(C)C)ccc1B3c1ccc(N(c3ccc(C(C)(C)C)cc3)c3ccc4c5ccccc5n(-c5ccccc5)c4c3)cc1N2c1ccc(C(C)(C)C)cc1. The highest BCUT2D eigenvalue weighted by molar-refractivity contribution is 7.00. The number of anilines is 9. The van der Waals surface area contributed by atoms with E-state index in [-0.39, 0.29) is 28.4 Å². The van der Waals surface area contributed by atoms with Crippen LogP contribution in [0.15, 0.2) is 224 Å². The minimum atomic E-state index is -0.0891. The van der Waals surface area contributed by atoms with Gasteiger partial charge in [0.05, 0.1) is 11.0 Å². The summed E-state index contributed by atoms with van der Waals surface area (Å²) in [5.74, 6) is 0. The van der Waals surface area contributed by atoms with Crippen molar-refractivity contribution in [1.82, 2.24) is 4.57 Å². The Morgan fingerprint density at radius 3 is 1.58 bits per heavy atom. The van der Waals surface area contributed by atoms with Gasteiger partial charge in [-0.15, -0.1) is 0 Å². The van der Waals surface area contributed by atoms with Crippen LogP contribution in [-0.2, 0) is 21.7 Å². The van der Waals surface area contributed by atoms with Gasteiger partial charge in [-0.3, -0.25) is 0 Å². The molecule has 0 N–H and O–H groups in total. The Kier molecular flexibility index (Phi) is 12.7. The maximum absolute atomic E-state index is 2.62. The number of benzene rings is 11. The van der Waals surface area contributed by atoms with Gasteiger partial charge in [-0.25, -0.2) is 0 Å². The van der Waals surface area contributed by atoms with Crippen LogP contribution in [0.25, 0.3) is 49.7 Å². The maximum Gasteiger partial charge on any atom is 0.252 e. The molecule has 11 aromatic carbocycles. The average molecular weight is 1160 g/mol. The summed E-state index contributed by atoms with van der Waals surface area (Å²) in [6.45, 7) is 32.5. The smallest absolute Gasteiger partial charge is 0.252 e. The van der Waals surface area contributed by atoms with Crippen LogP contribution in [0.5, 0.6) is 0 Å². The molecule has 0 atom stereocenters. The van der Waals surface area contributed by atoms with E-state index in [4.69, 9.17) is 0 Å². The van der Waals surface area contributed by atoms with E-state index in [0.29, 0.717) is 0 Å². The number of rotatable bonds is 7. The Morgan fingerprint density at radius 1 is 0.382 bits per heavy atom. The summed E-state index contributed by atoms with van der Waals surface area (Å²) in [6, 6.07) is 86.2. The highest BCUT2D eigenvalue weighted by Crippen LogP contribution is 2.52. The normalized spacial score (nSPS) is 14.0. The van der Waals surface area contributed by atoms with E-state index in [0.717, 1.165) is 28.4 Å². The second-order valence-electron chi connectivity index (χ2n) is 29.3. The Labute approximate surface area is 527 Å². The van der Waals surface area contributed by atoms with E-state index in [2.05, 4.69) is 341 Å². The van der Waals surface area contributed by atoms with E-state index in [1.54, 1.807) is 0 Å². The summed E-state index contributed by atoms with van der Waals surface area (Å²) in [4.78, 5) is 7.69. The molecule has 3 aliphatic rings. The van der Waals surface area contributed by atoms with Crippen LogP contribution in [0.3, 0.4) is 0 Å². The summed E-state index contributed by atoms with van der Waals surface area (Å²) in [5.41, 5.74) is 33.4. The van der Waals surface area contributed by atoms with Crippen molar-refractivity contribution in [2.75, 3.05) is 14.7 Å². The van der Waals surface area contributed by atoms with Crippen molar-refractivity contribution >= 4 is 96.1 Å². The molecule has 0 saturated heterocycles. The third-order valence-electron chi connectivity index (χ3n) is 19.9. The molecule has 0 unspecified atom stereocenters. The first-order valence-corrected chi connectivity index (χ1v) is 32.0. The van der Waals surface area contributed by atoms with Gasteiger partial charge in [-0.05, 0) is 223 Å². The minimum Gasteiger partial charge on any atom is -0.311 e. The predicted molar refractivity (Wildman–Crippen MR) is 383 cm³/mol. The molecule has 4 nitrogen and oxygen atoms in total. The number of hydrogen-bond donors (Lipinski definition) is 0. The van der Waals surface area contributed by atoms with Crippen LogP contribution >= 0.6 is 0 Å². The quantitative estimate of drug-likeness (QED) is 0.148. The Hall–Kier alpha value is -9.32. The van der Waals surface area contributed by atoms with Crippen LogP contribution in [0.4, 0.5) is 51.2 Å². The first-order valence-electron chi connectivity index (χ1n) is 32.0. The lowest BCUT2D eigenvalue weighted by Crippen LogP contribution is -2.61. The molecule has 0 amide bonds. The van der Waals surface area contributed by atoms with Gasteiger partial charge >= 0.3 is 0 Å². The molecule has 0 saturated carbocycles. The fraction of sp³-hybridized carbons (Fsp3) is 0.214. The molecule has 1 aliphatic carbocycles. The lowest BCUT2D eigenvalue weighted by Gasteiger charge is -2.45. The summed E-state index contributed by atoms with van der Waals surface area (Å²) in [7, 11) is 0. The van der Waals surface area contributed by atoms with Crippen LogP contribution in [-0.4, -0.2) is 11.3 Å². The van der Waals surface area contributed by atoms with Gasteiger partial charge in [-0.2, -0.15) is 0 Å². The number of fused-ring (bicyclic) bond motifs is 10. The zero-order valence-electron chi connectivity index (χ0n) is 54.2. The summed E-state index contributed by atoms with van der Waals surface area (Å²) < 4.78 is 2.43. The van der Waals surface area contributed by atoms with E-state index in [1.165, 1.54) is 133 Å². The minimum absolute atomic E-state index is 0.00707. The average Bonchev–Trinajstić information content (AvgIpc) is 1.38. The summed E-state index contributed by atoms with van der Waals surface area (Å²) >= 11 is 0. The molecule has 89 heavy (non-hydrogen) atoms. The fourth-order valence-electron chi connectivity index (χ4n) is 15.3. The van der Waals surface area contributed by atoms with Crippen molar-refractivity contribution in [3.63, 3.8) is 0 Å². The van der Waals surface area contributed by atoms with Gasteiger partial charge in [0.25, 0.3) is 6.71 Å². The van der Waals surface area contributed by atoms with Crippen LogP contribution < -0.4 is 31.1 Å². The molecule has 2 aliphatic heterocycles. The topological polar surface area (TPSA) is 14.7 Å². The second kappa shape index (κ2) is 20.1. The molecule has 0 bridgehead atoms. The van der Waals surface area contributed by atoms with Crippen LogP contribution in [0.2, 0.25) is 0 Å². The maximum atomic E-state index is 2.62. The standard InChI is InChI=1S/C84H79BN4/c1-52-44-77-80-78(45-52)89(64-46-53(2)79(54(3)47-64)55-28-40-66-65-24-18-20-26-69(65)84(13,14)70(66)48-55)75-49-58(83(10,11)12)33-42-71(75)85(80)72-43-39-63(51-76(72)88(77)61-36-31-57(32-37-61)82(7,8)9)86(60-34-29-56(30-35-60)81(4,5)6)62-38-41-68-67-25-19-21-27-73(67)87(74(68)50-62)59-22-16-15-17-23-59/h15-51H,1-14H3. The predicted octanol–water partition coefficient (Wildman–Crippen LogP) is 21.1. The fourth-order valence-corrected chi connectivity index (χ4v) is 15.3. The summed E-state index contributed by atoms with van der Waals surface area (Å²) in [5, 5.41) is 2.47. The molecular weight excluding hydrogens is 1080 g/mol. The number of nitrogens with zero attached hydrogens (tertiary/aromatic N) is 4.